The number of halogens is 1. The van der Waals surface area contributed by atoms with Gasteiger partial charge in [-0.15, -0.1) is 0 Å². The zero-order valence-corrected chi connectivity index (χ0v) is 12.0. The molecule has 0 aliphatic carbocycles. The van der Waals surface area contributed by atoms with Crippen LogP contribution in [0.4, 0.5) is 21.7 Å². The van der Waals surface area contributed by atoms with Gasteiger partial charge in [0.05, 0.1) is 5.69 Å². The van der Waals surface area contributed by atoms with Crippen LogP contribution < -0.4 is 10.6 Å². The number of anilines is 3. The van der Waals surface area contributed by atoms with Crippen molar-refractivity contribution >= 4 is 17.3 Å². The number of benzene rings is 1. The van der Waals surface area contributed by atoms with Gasteiger partial charge in [-0.1, -0.05) is 13.0 Å². The molecule has 0 aliphatic heterocycles. The summed E-state index contributed by atoms with van der Waals surface area (Å²) in [5.74, 6) is 1.68. The normalized spacial score (nSPS) is 10.4. The molecule has 1 aromatic heterocycles. The fourth-order valence-corrected chi connectivity index (χ4v) is 1.83. The van der Waals surface area contributed by atoms with Gasteiger partial charge >= 0.3 is 0 Å². The monoisotopic (exact) mass is 274 g/mol. The Morgan fingerprint density at radius 3 is 2.55 bits per heavy atom. The van der Waals surface area contributed by atoms with E-state index in [1.165, 1.54) is 6.07 Å². The summed E-state index contributed by atoms with van der Waals surface area (Å²) in [6.07, 6.45) is 1.01. The third-order valence-electron chi connectivity index (χ3n) is 2.78. The minimum Gasteiger partial charge on any atom is -0.370 e. The summed E-state index contributed by atoms with van der Waals surface area (Å²) in [6.45, 7) is 6.60. The van der Waals surface area contributed by atoms with E-state index in [1.54, 1.807) is 12.1 Å². The van der Waals surface area contributed by atoms with Crippen LogP contribution in [-0.2, 0) is 0 Å². The Labute approximate surface area is 118 Å². The van der Waals surface area contributed by atoms with Crippen molar-refractivity contribution < 1.29 is 4.39 Å². The van der Waals surface area contributed by atoms with Crippen LogP contribution in [0, 0.1) is 19.7 Å². The second-order valence-electron chi connectivity index (χ2n) is 4.72. The summed E-state index contributed by atoms with van der Waals surface area (Å²) in [4.78, 5) is 8.57. The van der Waals surface area contributed by atoms with Crippen LogP contribution in [0.25, 0.3) is 0 Å². The van der Waals surface area contributed by atoms with Gasteiger partial charge in [0.2, 0.25) is 0 Å². The Bertz CT molecular complexity index is 598. The van der Waals surface area contributed by atoms with Crippen LogP contribution >= 0.6 is 0 Å². The molecule has 0 atom stereocenters. The first-order chi connectivity index (χ1) is 9.58. The summed E-state index contributed by atoms with van der Waals surface area (Å²) in [6, 6.07) is 6.84. The predicted molar refractivity (Wildman–Crippen MR) is 80.0 cm³/mol. The predicted octanol–water partition coefficient (Wildman–Crippen LogP) is 3.80. The summed E-state index contributed by atoms with van der Waals surface area (Å²) in [7, 11) is 0. The molecule has 0 saturated carbocycles. The summed E-state index contributed by atoms with van der Waals surface area (Å²) < 4.78 is 13.8. The maximum Gasteiger partial charge on any atom is 0.146 e. The van der Waals surface area contributed by atoms with Crippen molar-refractivity contribution in [2.24, 2.45) is 0 Å². The maximum atomic E-state index is 13.8. The number of nitrogens with zero attached hydrogens (tertiary/aromatic N) is 2. The molecule has 5 heteroatoms. The molecule has 0 radical (unpaired) electrons. The zero-order valence-electron chi connectivity index (χ0n) is 12.0. The lowest BCUT2D eigenvalue weighted by molar-refractivity contribution is 0.630. The molecule has 0 saturated heterocycles. The Kier molecular flexibility index (Phi) is 4.50. The topological polar surface area (TPSA) is 49.8 Å². The molecule has 0 aliphatic rings. The van der Waals surface area contributed by atoms with Crippen molar-refractivity contribution in [2.45, 2.75) is 27.2 Å². The molecule has 2 aromatic rings. The highest BCUT2D eigenvalue weighted by atomic mass is 19.1. The van der Waals surface area contributed by atoms with Gasteiger partial charge in [0.1, 0.15) is 23.3 Å². The third-order valence-corrected chi connectivity index (χ3v) is 2.78. The molecule has 0 amide bonds. The van der Waals surface area contributed by atoms with Crippen molar-refractivity contribution in [1.29, 1.82) is 0 Å². The molecule has 2 rings (SSSR count). The fraction of sp³-hybridized carbons (Fsp3) is 0.333. The third kappa shape index (κ3) is 3.66. The molecule has 1 heterocycles. The van der Waals surface area contributed by atoms with Gasteiger partial charge in [0, 0.05) is 12.6 Å². The molecule has 0 bridgehead atoms. The Hall–Kier alpha value is -2.17. The molecule has 106 valence electrons. The Morgan fingerprint density at radius 1 is 1.10 bits per heavy atom. The zero-order chi connectivity index (χ0) is 14.5. The minimum atomic E-state index is -0.288. The number of hydrogen-bond acceptors (Lipinski definition) is 4. The number of nitrogens with one attached hydrogen (secondary N) is 2. The van der Waals surface area contributed by atoms with E-state index in [1.807, 2.05) is 19.9 Å². The van der Waals surface area contributed by atoms with Gasteiger partial charge in [-0.2, -0.15) is 0 Å². The number of aryl methyl sites for hydroxylation is 2. The lowest BCUT2D eigenvalue weighted by atomic mass is 10.2. The van der Waals surface area contributed by atoms with Crippen molar-refractivity contribution in [3.63, 3.8) is 0 Å². The summed E-state index contributed by atoms with van der Waals surface area (Å²) in [5.41, 5.74) is 1.30. The van der Waals surface area contributed by atoms with E-state index >= 15 is 0 Å². The standard InChI is InChI=1S/C15H19FN4/c1-4-7-17-14-9-15(19-11(3)18-14)20-13-6-5-10(2)8-12(13)16/h5-6,8-9H,4,7H2,1-3H3,(H2,17,18,19,20). The Morgan fingerprint density at radius 2 is 1.85 bits per heavy atom. The van der Waals surface area contributed by atoms with E-state index in [9.17, 15) is 4.39 Å². The van der Waals surface area contributed by atoms with E-state index in [2.05, 4.69) is 27.5 Å². The highest BCUT2D eigenvalue weighted by Gasteiger charge is 2.06. The second kappa shape index (κ2) is 6.32. The molecule has 2 N–H and O–H groups in total. The van der Waals surface area contributed by atoms with Crippen LogP contribution in [0.15, 0.2) is 24.3 Å². The van der Waals surface area contributed by atoms with E-state index in [-0.39, 0.29) is 5.82 Å². The van der Waals surface area contributed by atoms with E-state index in [4.69, 9.17) is 0 Å². The van der Waals surface area contributed by atoms with Gasteiger partial charge in [-0.25, -0.2) is 14.4 Å². The Balaban J connectivity index is 2.21. The largest absolute Gasteiger partial charge is 0.370 e. The number of rotatable bonds is 5. The van der Waals surface area contributed by atoms with Crippen LogP contribution in [0.3, 0.4) is 0 Å². The summed E-state index contributed by atoms with van der Waals surface area (Å²) in [5, 5.41) is 6.19. The van der Waals surface area contributed by atoms with Gasteiger partial charge in [-0.05, 0) is 38.0 Å². The van der Waals surface area contributed by atoms with E-state index in [0.717, 1.165) is 24.3 Å². The van der Waals surface area contributed by atoms with Gasteiger partial charge in [-0.3, -0.25) is 0 Å². The lowest BCUT2D eigenvalue weighted by Crippen LogP contribution is -2.06. The first kappa shape index (κ1) is 14.2. The van der Waals surface area contributed by atoms with Crippen LogP contribution in [0.1, 0.15) is 24.7 Å². The second-order valence-corrected chi connectivity index (χ2v) is 4.72. The van der Waals surface area contributed by atoms with Gasteiger partial charge < -0.3 is 10.6 Å². The molecule has 1 aromatic carbocycles. The van der Waals surface area contributed by atoms with E-state index in [0.29, 0.717) is 17.3 Å². The van der Waals surface area contributed by atoms with Gasteiger partial charge in [0.15, 0.2) is 0 Å². The molecular weight excluding hydrogens is 255 g/mol. The quantitative estimate of drug-likeness (QED) is 0.870. The van der Waals surface area contributed by atoms with Gasteiger partial charge in [0.25, 0.3) is 0 Å². The van der Waals surface area contributed by atoms with Crippen LogP contribution in [0.5, 0.6) is 0 Å². The van der Waals surface area contributed by atoms with Crippen molar-refractivity contribution in [3.8, 4) is 0 Å². The SMILES string of the molecule is CCCNc1cc(Nc2ccc(C)cc2F)nc(C)n1. The van der Waals surface area contributed by atoms with E-state index < -0.39 is 0 Å². The molecule has 0 spiro atoms. The fourth-order valence-electron chi connectivity index (χ4n) is 1.83. The number of hydrogen-bond donors (Lipinski definition) is 2. The maximum absolute atomic E-state index is 13.8. The molecule has 0 unspecified atom stereocenters. The molecular formula is C15H19FN4. The lowest BCUT2D eigenvalue weighted by Gasteiger charge is -2.10. The number of aromatic nitrogens is 2. The first-order valence-electron chi connectivity index (χ1n) is 6.71. The smallest absolute Gasteiger partial charge is 0.146 e. The minimum absolute atomic E-state index is 0.288. The van der Waals surface area contributed by atoms with Crippen LogP contribution in [0.2, 0.25) is 0 Å². The van der Waals surface area contributed by atoms with Crippen LogP contribution in [-0.4, -0.2) is 16.5 Å². The van der Waals surface area contributed by atoms with Crippen molar-refractivity contribution in [2.75, 3.05) is 17.2 Å². The molecule has 20 heavy (non-hydrogen) atoms. The molecule has 4 nitrogen and oxygen atoms in total. The first-order valence-corrected chi connectivity index (χ1v) is 6.71. The van der Waals surface area contributed by atoms with Crippen molar-refractivity contribution in [3.05, 3.63) is 41.5 Å². The highest BCUT2D eigenvalue weighted by molar-refractivity contribution is 5.60. The average molecular weight is 274 g/mol. The highest BCUT2D eigenvalue weighted by Crippen LogP contribution is 2.21. The summed E-state index contributed by atoms with van der Waals surface area (Å²) >= 11 is 0. The van der Waals surface area contributed by atoms with Crippen molar-refractivity contribution in [1.82, 2.24) is 9.97 Å². The average Bonchev–Trinajstić information content (AvgIpc) is 2.39. The molecule has 0 fully saturated rings.